The van der Waals surface area contributed by atoms with Crippen molar-refractivity contribution in [2.24, 2.45) is 5.73 Å². The number of piperidine rings is 1. The summed E-state index contributed by atoms with van der Waals surface area (Å²) in [7, 11) is 2.02. The highest BCUT2D eigenvalue weighted by atomic mass is 16.5. The summed E-state index contributed by atoms with van der Waals surface area (Å²) in [4.78, 5) is 33.8. The number of aromatic nitrogens is 2. The van der Waals surface area contributed by atoms with Gasteiger partial charge in [0.1, 0.15) is 11.2 Å². The van der Waals surface area contributed by atoms with Crippen LogP contribution in [0.2, 0.25) is 0 Å². The molecule has 0 saturated carbocycles. The van der Waals surface area contributed by atoms with Crippen molar-refractivity contribution in [1.29, 1.82) is 5.26 Å². The van der Waals surface area contributed by atoms with Gasteiger partial charge < -0.3 is 20.7 Å². The van der Waals surface area contributed by atoms with Gasteiger partial charge in [0.05, 0.1) is 18.0 Å². The Morgan fingerprint density at radius 2 is 1.93 bits per heavy atom. The molecular weight excluding hydrogens is 388 g/mol. The minimum Gasteiger partial charge on any atom is -0.462 e. The van der Waals surface area contributed by atoms with Crippen LogP contribution in [0, 0.1) is 11.3 Å². The molecule has 10 heteroatoms. The average molecular weight is 423 g/mol. The molecule has 10 nitrogen and oxygen atoms in total. The highest BCUT2D eigenvalue weighted by Crippen LogP contribution is 2.33. The number of nitrogens with one attached hydrogen (secondary N) is 1. The molecule has 0 aliphatic carbocycles. The Bertz CT molecular complexity index is 725. The maximum Gasteiger partial charge on any atom is 0.293 e. The van der Waals surface area contributed by atoms with Crippen LogP contribution in [0.3, 0.4) is 0 Å². The summed E-state index contributed by atoms with van der Waals surface area (Å²) < 4.78 is 6.17. The quantitative estimate of drug-likeness (QED) is 0.666. The summed E-state index contributed by atoms with van der Waals surface area (Å²) in [6.45, 7) is 11.6. The Balaban J connectivity index is 0.000000795. The van der Waals surface area contributed by atoms with Crippen LogP contribution in [0.15, 0.2) is 6.20 Å². The minimum absolute atomic E-state index is 0.133. The molecule has 0 radical (unpaired) electrons. The normalized spacial score (nSPS) is 15.2. The van der Waals surface area contributed by atoms with Gasteiger partial charge in [0.15, 0.2) is 5.82 Å². The van der Waals surface area contributed by atoms with E-state index in [2.05, 4.69) is 26.1 Å². The molecule has 0 unspecified atom stereocenters. The van der Waals surface area contributed by atoms with Gasteiger partial charge in [-0.1, -0.05) is 13.8 Å². The monoisotopic (exact) mass is 422 g/mol. The fourth-order valence-electron chi connectivity index (χ4n) is 2.77. The van der Waals surface area contributed by atoms with Gasteiger partial charge in [-0.2, -0.15) is 10.4 Å². The van der Waals surface area contributed by atoms with Crippen molar-refractivity contribution in [3.8, 4) is 6.07 Å². The van der Waals surface area contributed by atoms with Crippen LogP contribution in [0.1, 0.15) is 64.2 Å². The van der Waals surface area contributed by atoms with Crippen molar-refractivity contribution < 1.29 is 19.1 Å². The predicted molar refractivity (Wildman–Crippen MR) is 114 cm³/mol. The Morgan fingerprint density at radius 3 is 2.30 bits per heavy atom. The predicted octanol–water partition coefficient (Wildman–Crippen LogP) is 1.87. The molecule has 0 aromatic carbocycles. The zero-order valence-corrected chi connectivity index (χ0v) is 18.8. The Labute approximate surface area is 178 Å². The molecular formula is C20H34N6O4. The molecule has 3 N–H and O–H groups in total. The van der Waals surface area contributed by atoms with Crippen LogP contribution in [0.4, 0.5) is 5.82 Å². The molecule has 0 spiro atoms. The largest absolute Gasteiger partial charge is 0.462 e. The van der Waals surface area contributed by atoms with E-state index in [0.717, 1.165) is 25.9 Å². The summed E-state index contributed by atoms with van der Waals surface area (Å²) in [6.07, 6.45) is 3.76. The first-order valence-corrected chi connectivity index (χ1v) is 9.85. The van der Waals surface area contributed by atoms with E-state index in [-0.39, 0.29) is 17.0 Å². The van der Waals surface area contributed by atoms with Crippen LogP contribution in [-0.4, -0.2) is 59.2 Å². The van der Waals surface area contributed by atoms with Crippen molar-refractivity contribution in [3.05, 3.63) is 11.8 Å². The topological polar surface area (TPSA) is 143 Å². The third kappa shape index (κ3) is 8.21. The molecule has 168 valence electrons. The highest BCUT2D eigenvalue weighted by molar-refractivity contribution is 5.99. The number of nitrogens with two attached hydrogens (primary N) is 1. The maximum absolute atomic E-state index is 11.4. The second-order valence-electron chi connectivity index (χ2n) is 7.65. The summed E-state index contributed by atoms with van der Waals surface area (Å²) in [5, 5.41) is 15.8. The molecule has 1 saturated heterocycles. The SMILES string of the molecule is CC.CC(C)(C)OC=O.CN1CCC(CC#N)(n2cc(C(N)=O)c(NC=O)n2)CC1. The van der Waals surface area contributed by atoms with Crippen LogP contribution in [0.25, 0.3) is 0 Å². The molecule has 1 aromatic rings. The van der Waals surface area contributed by atoms with Gasteiger partial charge in [-0.25, -0.2) is 0 Å². The summed E-state index contributed by atoms with van der Waals surface area (Å²) in [5.41, 5.74) is 4.67. The number of amides is 2. The van der Waals surface area contributed by atoms with E-state index in [1.807, 2.05) is 41.7 Å². The molecule has 0 bridgehead atoms. The zero-order chi connectivity index (χ0) is 23.4. The average Bonchev–Trinajstić information content (AvgIpc) is 3.10. The number of carbonyl (C=O) groups excluding carboxylic acids is 3. The van der Waals surface area contributed by atoms with Gasteiger partial charge in [0, 0.05) is 19.3 Å². The number of rotatable bonds is 6. The lowest BCUT2D eigenvalue weighted by Gasteiger charge is -2.39. The molecule has 1 fully saturated rings. The van der Waals surface area contributed by atoms with Crippen LogP contribution in [-0.2, 0) is 19.9 Å². The Hall–Kier alpha value is -2.93. The summed E-state index contributed by atoms with van der Waals surface area (Å²) in [5.74, 6) is -0.528. The Morgan fingerprint density at radius 1 is 1.37 bits per heavy atom. The fraction of sp³-hybridized carbons (Fsp3) is 0.650. The van der Waals surface area contributed by atoms with Crippen molar-refractivity contribution in [1.82, 2.24) is 14.7 Å². The lowest BCUT2D eigenvalue weighted by Crippen LogP contribution is -2.45. The van der Waals surface area contributed by atoms with Crippen molar-refractivity contribution in [3.63, 3.8) is 0 Å². The molecule has 1 aromatic heterocycles. The van der Waals surface area contributed by atoms with Crippen molar-refractivity contribution in [2.45, 2.75) is 65.0 Å². The van der Waals surface area contributed by atoms with Gasteiger partial charge >= 0.3 is 0 Å². The number of carbonyl (C=O) groups is 3. The summed E-state index contributed by atoms with van der Waals surface area (Å²) in [6, 6.07) is 2.20. The van der Waals surface area contributed by atoms with Gasteiger partial charge in [-0.3, -0.25) is 19.1 Å². The number of nitrogens with zero attached hydrogens (tertiary/aromatic N) is 4. The molecule has 30 heavy (non-hydrogen) atoms. The van der Waals surface area contributed by atoms with E-state index in [1.165, 1.54) is 6.20 Å². The number of primary amides is 1. The smallest absolute Gasteiger partial charge is 0.293 e. The summed E-state index contributed by atoms with van der Waals surface area (Å²) >= 11 is 0. The third-order valence-electron chi connectivity index (χ3n) is 4.39. The van der Waals surface area contributed by atoms with Gasteiger partial charge in [0.2, 0.25) is 6.41 Å². The maximum atomic E-state index is 11.4. The first kappa shape index (κ1) is 27.1. The highest BCUT2D eigenvalue weighted by Gasteiger charge is 2.37. The number of hydrogen-bond donors (Lipinski definition) is 2. The molecule has 0 atom stereocenters. The number of hydrogen-bond acceptors (Lipinski definition) is 7. The van der Waals surface area contributed by atoms with Crippen molar-refractivity contribution in [2.75, 3.05) is 25.5 Å². The van der Waals surface area contributed by atoms with Crippen molar-refractivity contribution >= 4 is 24.6 Å². The number of nitriles is 1. The zero-order valence-electron chi connectivity index (χ0n) is 18.8. The van der Waals surface area contributed by atoms with E-state index < -0.39 is 11.4 Å². The lowest BCUT2D eigenvalue weighted by molar-refractivity contribution is -0.138. The van der Waals surface area contributed by atoms with E-state index in [1.54, 1.807) is 4.68 Å². The minimum atomic E-state index is -0.661. The third-order valence-corrected chi connectivity index (χ3v) is 4.39. The van der Waals surface area contributed by atoms with E-state index >= 15 is 0 Å². The number of anilines is 1. The van der Waals surface area contributed by atoms with Gasteiger partial charge in [-0.15, -0.1) is 0 Å². The van der Waals surface area contributed by atoms with Crippen LogP contribution >= 0.6 is 0 Å². The molecule has 1 aliphatic heterocycles. The van der Waals surface area contributed by atoms with Crippen LogP contribution < -0.4 is 11.1 Å². The Kier molecular flexibility index (Phi) is 11.4. The molecule has 2 amide bonds. The first-order chi connectivity index (χ1) is 14.1. The van der Waals surface area contributed by atoms with E-state index in [9.17, 15) is 14.4 Å². The van der Waals surface area contributed by atoms with E-state index in [4.69, 9.17) is 11.0 Å². The molecule has 2 rings (SSSR count). The number of ether oxygens (including phenoxy) is 1. The van der Waals surface area contributed by atoms with Gasteiger partial charge in [0.25, 0.3) is 12.4 Å². The fourth-order valence-corrected chi connectivity index (χ4v) is 2.77. The van der Waals surface area contributed by atoms with Crippen LogP contribution in [0.5, 0.6) is 0 Å². The lowest BCUT2D eigenvalue weighted by atomic mass is 9.85. The molecule has 2 heterocycles. The van der Waals surface area contributed by atoms with E-state index in [0.29, 0.717) is 19.3 Å². The number of likely N-dealkylation sites (tertiary alicyclic amines) is 1. The standard InChI is InChI=1S/C13H18N6O2.C5H10O2.C2H6/c1-18-6-3-13(2-5-14,4-7-18)19-8-10(11(15)21)12(17-19)16-9-20;1-5(2,3)7-4-6;1-2/h8-9H,2-4,6-7H2,1H3,(H2,15,21)(H,16,17,20);4H,1-3H3;1-2H3. The second-order valence-corrected chi connectivity index (χ2v) is 7.65. The first-order valence-electron chi connectivity index (χ1n) is 9.85. The van der Waals surface area contributed by atoms with Gasteiger partial charge in [-0.05, 0) is 40.7 Å². The molecule has 1 aliphatic rings. The second kappa shape index (κ2) is 12.6.